The third-order valence-corrected chi connectivity index (χ3v) is 2.30. The number of nitrogens with zero attached hydrogens (tertiary/aromatic N) is 1. The van der Waals surface area contributed by atoms with E-state index in [9.17, 15) is 4.39 Å². The molecular formula is C11H17FN2O. The third kappa shape index (κ3) is 4.25. The quantitative estimate of drug-likeness (QED) is 0.761. The Morgan fingerprint density at radius 1 is 1.47 bits per heavy atom. The van der Waals surface area contributed by atoms with Crippen LogP contribution in [0, 0.1) is 5.95 Å². The Kier molecular flexibility index (Phi) is 4.03. The first-order chi connectivity index (χ1) is 7.03. The Hall–Kier alpha value is -1.16. The number of hydrogen-bond acceptors (Lipinski definition) is 3. The lowest BCUT2D eigenvalue weighted by Crippen LogP contribution is -2.25. The average molecular weight is 212 g/mol. The van der Waals surface area contributed by atoms with Crippen molar-refractivity contribution < 1.29 is 9.13 Å². The van der Waals surface area contributed by atoms with Crippen molar-refractivity contribution in [3.63, 3.8) is 0 Å². The van der Waals surface area contributed by atoms with E-state index in [0.717, 1.165) is 6.42 Å². The minimum atomic E-state index is -0.467. The number of ether oxygens (including phenoxy) is 1. The standard InChI is InChI=1S/C11H17FN2O/c1-11(2,15-3)7-8-13-10-6-4-5-9(12)14-10/h4-6H,7-8H2,1-3H3,(H,13,14). The van der Waals surface area contributed by atoms with E-state index in [1.54, 1.807) is 19.2 Å². The molecule has 0 aromatic carbocycles. The van der Waals surface area contributed by atoms with Gasteiger partial charge in [0.05, 0.1) is 5.60 Å². The maximum Gasteiger partial charge on any atom is 0.214 e. The Morgan fingerprint density at radius 3 is 2.80 bits per heavy atom. The van der Waals surface area contributed by atoms with Crippen LogP contribution in [0.2, 0.25) is 0 Å². The summed E-state index contributed by atoms with van der Waals surface area (Å²) in [5.41, 5.74) is -0.166. The summed E-state index contributed by atoms with van der Waals surface area (Å²) in [4.78, 5) is 3.70. The Morgan fingerprint density at radius 2 is 2.20 bits per heavy atom. The largest absolute Gasteiger partial charge is 0.379 e. The van der Waals surface area contributed by atoms with Crippen LogP contribution in [-0.2, 0) is 4.74 Å². The first kappa shape index (κ1) is 11.9. The van der Waals surface area contributed by atoms with Gasteiger partial charge in [0.25, 0.3) is 0 Å². The fourth-order valence-electron chi connectivity index (χ4n) is 1.10. The van der Waals surface area contributed by atoms with Gasteiger partial charge in [-0.05, 0) is 32.4 Å². The second kappa shape index (κ2) is 5.07. The van der Waals surface area contributed by atoms with Crippen molar-refractivity contribution in [1.29, 1.82) is 0 Å². The third-order valence-electron chi connectivity index (χ3n) is 2.30. The van der Waals surface area contributed by atoms with Crippen LogP contribution in [0.4, 0.5) is 10.2 Å². The van der Waals surface area contributed by atoms with Crippen molar-refractivity contribution in [2.45, 2.75) is 25.9 Å². The molecule has 15 heavy (non-hydrogen) atoms. The maximum absolute atomic E-state index is 12.7. The molecule has 0 saturated carbocycles. The molecule has 0 bridgehead atoms. The number of pyridine rings is 1. The van der Waals surface area contributed by atoms with Crippen molar-refractivity contribution in [3.8, 4) is 0 Å². The molecule has 0 aliphatic heterocycles. The van der Waals surface area contributed by atoms with Crippen LogP contribution in [-0.4, -0.2) is 24.2 Å². The highest BCUT2D eigenvalue weighted by Crippen LogP contribution is 2.13. The maximum atomic E-state index is 12.7. The second-order valence-electron chi connectivity index (χ2n) is 3.99. The van der Waals surface area contributed by atoms with Crippen LogP contribution in [0.1, 0.15) is 20.3 Å². The summed E-state index contributed by atoms with van der Waals surface area (Å²) in [5.74, 6) is 0.0907. The molecule has 1 heterocycles. The Labute approximate surface area is 89.7 Å². The fraction of sp³-hybridized carbons (Fsp3) is 0.545. The molecule has 0 aliphatic rings. The summed E-state index contributed by atoms with van der Waals surface area (Å²) < 4.78 is 18.0. The lowest BCUT2D eigenvalue weighted by molar-refractivity contribution is 0.0185. The van der Waals surface area contributed by atoms with Crippen molar-refractivity contribution in [2.24, 2.45) is 0 Å². The van der Waals surface area contributed by atoms with Crippen LogP contribution >= 0.6 is 0 Å². The van der Waals surface area contributed by atoms with Crippen LogP contribution in [0.25, 0.3) is 0 Å². The molecule has 0 fully saturated rings. The predicted octanol–water partition coefficient (Wildman–Crippen LogP) is 2.45. The van der Waals surface area contributed by atoms with E-state index in [1.807, 2.05) is 13.8 Å². The summed E-state index contributed by atoms with van der Waals surface area (Å²) in [6.07, 6.45) is 0.835. The molecule has 1 N–H and O–H groups in total. The number of nitrogens with one attached hydrogen (secondary N) is 1. The second-order valence-corrected chi connectivity index (χ2v) is 3.99. The normalized spacial score (nSPS) is 11.5. The minimum absolute atomic E-state index is 0.166. The van der Waals surface area contributed by atoms with Gasteiger partial charge >= 0.3 is 0 Å². The van der Waals surface area contributed by atoms with Gasteiger partial charge in [0.2, 0.25) is 5.95 Å². The molecule has 0 spiro atoms. The zero-order valence-electron chi connectivity index (χ0n) is 9.38. The van der Waals surface area contributed by atoms with Crippen LogP contribution in [0.15, 0.2) is 18.2 Å². The van der Waals surface area contributed by atoms with E-state index in [-0.39, 0.29) is 5.60 Å². The average Bonchev–Trinajstić information content (AvgIpc) is 2.18. The van der Waals surface area contributed by atoms with Crippen molar-refractivity contribution in [3.05, 3.63) is 24.1 Å². The van der Waals surface area contributed by atoms with E-state index in [2.05, 4.69) is 10.3 Å². The highest BCUT2D eigenvalue weighted by molar-refractivity contribution is 5.33. The van der Waals surface area contributed by atoms with Gasteiger partial charge in [-0.25, -0.2) is 4.98 Å². The molecule has 0 saturated heterocycles. The van der Waals surface area contributed by atoms with Gasteiger partial charge in [0.15, 0.2) is 0 Å². The number of halogens is 1. The zero-order chi connectivity index (χ0) is 11.3. The molecule has 0 aliphatic carbocycles. The van der Waals surface area contributed by atoms with E-state index >= 15 is 0 Å². The van der Waals surface area contributed by atoms with Crippen LogP contribution in [0.5, 0.6) is 0 Å². The van der Waals surface area contributed by atoms with E-state index < -0.39 is 5.95 Å². The summed E-state index contributed by atoms with van der Waals surface area (Å²) in [6, 6.07) is 4.69. The van der Waals surface area contributed by atoms with Gasteiger partial charge in [-0.15, -0.1) is 0 Å². The van der Waals surface area contributed by atoms with E-state index in [1.165, 1.54) is 6.07 Å². The highest BCUT2D eigenvalue weighted by Gasteiger charge is 2.15. The number of aromatic nitrogens is 1. The minimum Gasteiger partial charge on any atom is -0.379 e. The summed E-state index contributed by atoms with van der Waals surface area (Å²) >= 11 is 0. The molecule has 4 heteroatoms. The van der Waals surface area contributed by atoms with Gasteiger partial charge in [0.1, 0.15) is 5.82 Å². The van der Waals surface area contributed by atoms with Crippen molar-refractivity contribution >= 4 is 5.82 Å². The van der Waals surface area contributed by atoms with Crippen LogP contribution < -0.4 is 5.32 Å². The Balaban J connectivity index is 2.38. The summed E-state index contributed by atoms with van der Waals surface area (Å²) in [7, 11) is 1.68. The first-order valence-corrected chi connectivity index (χ1v) is 4.95. The zero-order valence-corrected chi connectivity index (χ0v) is 9.38. The smallest absolute Gasteiger partial charge is 0.214 e. The Bertz CT molecular complexity index is 315. The predicted molar refractivity (Wildman–Crippen MR) is 58.4 cm³/mol. The van der Waals surface area contributed by atoms with Crippen LogP contribution in [0.3, 0.4) is 0 Å². The SMILES string of the molecule is COC(C)(C)CCNc1cccc(F)n1. The summed E-state index contributed by atoms with van der Waals surface area (Å²) in [5, 5.41) is 3.04. The molecule has 1 aromatic rings. The lowest BCUT2D eigenvalue weighted by Gasteiger charge is -2.22. The number of anilines is 1. The molecule has 1 rings (SSSR count). The lowest BCUT2D eigenvalue weighted by atomic mass is 10.1. The topological polar surface area (TPSA) is 34.1 Å². The molecule has 84 valence electrons. The number of methoxy groups -OCH3 is 1. The molecule has 0 atom stereocenters. The molecule has 3 nitrogen and oxygen atoms in total. The summed E-state index contributed by atoms with van der Waals surface area (Å²) in [6.45, 7) is 4.72. The molecular weight excluding hydrogens is 195 g/mol. The van der Waals surface area contributed by atoms with Gasteiger partial charge in [-0.3, -0.25) is 0 Å². The molecule has 0 radical (unpaired) electrons. The van der Waals surface area contributed by atoms with E-state index in [0.29, 0.717) is 12.4 Å². The fourth-order valence-corrected chi connectivity index (χ4v) is 1.10. The number of rotatable bonds is 5. The molecule has 1 aromatic heterocycles. The van der Waals surface area contributed by atoms with Gasteiger partial charge in [0, 0.05) is 13.7 Å². The monoisotopic (exact) mass is 212 g/mol. The number of hydrogen-bond donors (Lipinski definition) is 1. The van der Waals surface area contributed by atoms with Crippen molar-refractivity contribution in [2.75, 3.05) is 19.0 Å². The molecule has 0 unspecified atom stereocenters. The van der Waals surface area contributed by atoms with Gasteiger partial charge in [-0.1, -0.05) is 6.07 Å². The van der Waals surface area contributed by atoms with Crippen molar-refractivity contribution in [1.82, 2.24) is 4.98 Å². The van der Waals surface area contributed by atoms with Gasteiger partial charge in [-0.2, -0.15) is 4.39 Å². The van der Waals surface area contributed by atoms with Gasteiger partial charge < -0.3 is 10.1 Å². The van der Waals surface area contributed by atoms with E-state index in [4.69, 9.17) is 4.74 Å². The first-order valence-electron chi connectivity index (χ1n) is 4.95. The molecule has 0 amide bonds. The highest BCUT2D eigenvalue weighted by atomic mass is 19.1.